The van der Waals surface area contributed by atoms with Gasteiger partial charge >= 0.3 is 0 Å². The van der Waals surface area contributed by atoms with Crippen molar-refractivity contribution in [3.8, 4) is 22.5 Å². The Morgan fingerprint density at radius 3 is 2.48 bits per heavy atom. The molecule has 4 heterocycles. The molecule has 12 heteroatoms. The zero-order valence-electron chi connectivity index (χ0n) is 25.2. The fourth-order valence-corrected chi connectivity index (χ4v) is 5.38. The van der Waals surface area contributed by atoms with Crippen LogP contribution < -0.4 is 10.1 Å². The zero-order valence-corrected chi connectivity index (χ0v) is 26.0. The number of aromatic amines is 1. The van der Waals surface area contributed by atoms with Gasteiger partial charge in [-0.2, -0.15) is 5.26 Å². The van der Waals surface area contributed by atoms with Gasteiger partial charge in [-0.15, -0.1) is 11.3 Å². The van der Waals surface area contributed by atoms with E-state index in [1.165, 1.54) is 35.7 Å². The van der Waals surface area contributed by atoms with Crippen LogP contribution in [-0.4, -0.2) is 83.3 Å². The predicted molar refractivity (Wildman–Crippen MR) is 171 cm³/mol. The van der Waals surface area contributed by atoms with Crippen molar-refractivity contribution in [2.75, 3.05) is 40.4 Å². The van der Waals surface area contributed by atoms with Crippen molar-refractivity contribution >= 4 is 45.8 Å². The Morgan fingerprint density at radius 1 is 1.23 bits per heavy atom. The van der Waals surface area contributed by atoms with E-state index >= 15 is 0 Å². The van der Waals surface area contributed by atoms with E-state index in [4.69, 9.17) is 9.84 Å². The van der Waals surface area contributed by atoms with Gasteiger partial charge in [0.1, 0.15) is 22.1 Å². The predicted octanol–water partition coefficient (Wildman–Crippen LogP) is 4.51. The number of likely N-dealkylation sites (tertiary alicyclic amines) is 1. The summed E-state index contributed by atoms with van der Waals surface area (Å²) in [6.45, 7) is 5.62. The molecule has 230 valence electrons. The van der Waals surface area contributed by atoms with Crippen molar-refractivity contribution in [3.05, 3.63) is 70.5 Å². The summed E-state index contributed by atoms with van der Waals surface area (Å²) in [7, 11) is 3.27. The Labute approximate surface area is 260 Å². The van der Waals surface area contributed by atoms with Gasteiger partial charge in [-0.3, -0.25) is 14.4 Å². The van der Waals surface area contributed by atoms with E-state index in [-0.39, 0.29) is 17.9 Å². The van der Waals surface area contributed by atoms with Crippen LogP contribution in [0.1, 0.15) is 53.1 Å². The summed E-state index contributed by atoms with van der Waals surface area (Å²) in [4.78, 5) is 50.9. The lowest BCUT2D eigenvalue weighted by Gasteiger charge is -2.28. The molecule has 0 saturated carbocycles. The lowest BCUT2D eigenvalue weighted by molar-refractivity contribution is -0.126. The molecule has 0 aliphatic carbocycles. The minimum atomic E-state index is -0.662. The van der Waals surface area contributed by atoms with Crippen LogP contribution >= 0.6 is 11.3 Å². The number of pyridine rings is 1. The second-order valence-electron chi connectivity index (χ2n) is 9.23. The molecule has 0 radical (unpaired) electrons. The van der Waals surface area contributed by atoms with Crippen molar-refractivity contribution in [1.29, 1.82) is 5.26 Å². The molecule has 1 fully saturated rings. The summed E-state index contributed by atoms with van der Waals surface area (Å²) in [6.07, 6.45) is 4.64. The molecule has 5 rings (SSSR count). The fraction of sp³-hybridized carbons (Fsp3) is 0.312. The highest BCUT2D eigenvalue weighted by molar-refractivity contribution is 7.13. The van der Waals surface area contributed by atoms with E-state index in [0.29, 0.717) is 71.7 Å². The summed E-state index contributed by atoms with van der Waals surface area (Å²) < 4.78 is 5.44. The van der Waals surface area contributed by atoms with E-state index in [1.807, 2.05) is 44.2 Å². The molecule has 3 N–H and O–H groups in total. The van der Waals surface area contributed by atoms with Gasteiger partial charge in [0.15, 0.2) is 6.29 Å². The maximum Gasteiger partial charge on any atom is 0.295 e. The van der Waals surface area contributed by atoms with Gasteiger partial charge in [0, 0.05) is 31.2 Å². The number of nitrogens with one attached hydrogen (secondary N) is 2. The van der Waals surface area contributed by atoms with Crippen LogP contribution in [0.5, 0.6) is 5.75 Å². The molecule has 11 nitrogen and oxygen atoms in total. The third kappa shape index (κ3) is 7.62. The topological polar surface area (TPSA) is 161 Å². The first kappa shape index (κ1) is 33.8. The highest BCUT2D eigenvalue weighted by atomic mass is 32.1. The zero-order chi connectivity index (χ0) is 32.1. The number of allylic oxidation sites excluding steroid dienone is 1. The quantitative estimate of drug-likeness (QED) is 0.112. The molecule has 0 spiro atoms. The Hall–Kier alpha value is -4.70. The highest BCUT2D eigenvalue weighted by Crippen LogP contribution is 2.36. The molecule has 1 amide bonds. The minimum absolute atomic E-state index is 0.177. The number of hydrogen-bond donors (Lipinski definition) is 3. The number of piperidine rings is 1. The number of ether oxygens (including phenoxy) is 1. The lowest BCUT2D eigenvalue weighted by atomic mass is 9.93. The maximum absolute atomic E-state index is 13.4. The number of ketones is 1. The number of aliphatic hydroxyl groups excluding tert-OH is 1. The minimum Gasteiger partial charge on any atom is -0.494 e. The number of nitrogens with zero attached hydrogens (tertiary/aromatic N) is 4. The molecule has 1 saturated heterocycles. The number of likely N-dealkylation sites (N-methyl/N-ethyl adjacent to an activating group) is 1. The second-order valence-corrected chi connectivity index (χ2v) is 10.1. The summed E-state index contributed by atoms with van der Waals surface area (Å²) in [5, 5.41) is 23.0. The molecule has 4 aromatic rings. The van der Waals surface area contributed by atoms with Gasteiger partial charge in [-0.25, -0.2) is 9.97 Å². The number of fused-ring (bicyclic) bond motifs is 1. The Balaban J connectivity index is 0.000000688. The van der Waals surface area contributed by atoms with Crippen LogP contribution in [0.15, 0.2) is 53.7 Å². The molecular weight excluding hydrogens is 580 g/mol. The molecule has 0 unspecified atom stereocenters. The first-order chi connectivity index (χ1) is 21.5. The third-order valence-corrected chi connectivity index (χ3v) is 7.59. The number of carbonyl (C=O) groups excluding carboxylic acids is 3. The summed E-state index contributed by atoms with van der Waals surface area (Å²) >= 11 is 1.25. The van der Waals surface area contributed by atoms with Crippen LogP contribution in [-0.2, 0) is 4.79 Å². The Bertz CT molecular complexity index is 1640. The van der Waals surface area contributed by atoms with Crippen molar-refractivity contribution in [1.82, 2.24) is 25.2 Å². The third-order valence-electron chi connectivity index (χ3n) is 6.72. The summed E-state index contributed by atoms with van der Waals surface area (Å²) in [6, 6.07) is 11.8. The standard InChI is InChI=1S/C27H21N5O4S.C3H9NO.C2H6/c1-36-21-13-30-24(26-31-18(14-33)15-37-26)23-22(21)20(12-29-23)25(34)27(35)32-9-7-17(8-10-32)19(11-28)16-5-3-2-4-6-16;1-4-2-3-5;1-2/h2-6,12-15,29H,7-10H2,1H3;4-5H,2-3H2,1H3;1-2H3. The summed E-state index contributed by atoms with van der Waals surface area (Å²) in [5.74, 6) is -0.935. The molecule has 1 aliphatic heterocycles. The molecule has 1 aliphatic rings. The average molecular weight is 617 g/mol. The number of benzene rings is 1. The van der Waals surface area contributed by atoms with E-state index in [9.17, 15) is 19.6 Å². The van der Waals surface area contributed by atoms with E-state index in [1.54, 1.807) is 12.4 Å². The molecule has 3 aromatic heterocycles. The highest BCUT2D eigenvalue weighted by Gasteiger charge is 2.30. The van der Waals surface area contributed by atoms with E-state index in [0.717, 1.165) is 11.1 Å². The first-order valence-electron chi connectivity index (χ1n) is 14.2. The average Bonchev–Trinajstić information content (AvgIpc) is 3.75. The largest absolute Gasteiger partial charge is 0.494 e. The van der Waals surface area contributed by atoms with Crippen LogP contribution in [0, 0.1) is 11.3 Å². The van der Waals surface area contributed by atoms with E-state index < -0.39 is 11.7 Å². The number of rotatable bonds is 8. The molecular formula is C32H36N6O5S. The van der Waals surface area contributed by atoms with Crippen molar-refractivity contribution < 1.29 is 24.2 Å². The number of Topliss-reactive ketones (excluding diaryl/α,β-unsaturated/α-hetero) is 1. The van der Waals surface area contributed by atoms with Crippen molar-refractivity contribution in [3.63, 3.8) is 0 Å². The van der Waals surface area contributed by atoms with Gasteiger partial charge in [-0.05, 0) is 31.0 Å². The number of hydrogen-bond acceptors (Lipinski definition) is 10. The van der Waals surface area contributed by atoms with Crippen LogP contribution in [0.2, 0.25) is 0 Å². The van der Waals surface area contributed by atoms with Crippen LogP contribution in [0.25, 0.3) is 27.2 Å². The number of methoxy groups -OCH3 is 1. The fourth-order valence-electron chi connectivity index (χ4n) is 4.62. The number of aldehydes is 1. The van der Waals surface area contributed by atoms with Gasteiger partial charge in [-0.1, -0.05) is 44.2 Å². The summed E-state index contributed by atoms with van der Waals surface area (Å²) in [5.41, 5.74) is 3.87. The van der Waals surface area contributed by atoms with Crippen LogP contribution in [0.4, 0.5) is 0 Å². The SMILES string of the molecule is CC.CNCCO.COc1cnc(-c2nc(C=O)cs2)c2[nH]cc(C(=O)C(=O)N3CCC(=C(C#N)c4ccccc4)CC3)c12. The number of H-pyrrole nitrogens is 1. The molecule has 44 heavy (non-hydrogen) atoms. The number of amides is 1. The van der Waals surface area contributed by atoms with Gasteiger partial charge in [0.05, 0.1) is 48.0 Å². The Morgan fingerprint density at radius 2 is 1.93 bits per heavy atom. The van der Waals surface area contributed by atoms with Crippen molar-refractivity contribution in [2.45, 2.75) is 26.7 Å². The normalized spacial score (nSPS) is 12.3. The maximum atomic E-state index is 13.4. The van der Waals surface area contributed by atoms with Gasteiger partial charge in [0.25, 0.3) is 11.7 Å². The number of aromatic nitrogens is 3. The molecule has 0 atom stereocenters. The number of aliphatic hydroxyl groups is 1. The number of carbonyl (C=O) groups is 3. The van der Waals surface area contributed by atoms with Crippen molar-refractivity contribution in [2.24, 2.45) is 0 Å². The first-order valence-corrected chi connectivity index (χ1v) is 15.1. The second kappa shape index (κ2) is 16.8. The molecule has 0 bridgehead atoms. The lowest BCUT2D eigenvalue weighted by Crippen LogP contribution is -2.40. The molecule has 1 aromatic carbocycles. The van der Waals surface area contributed by atoms with E-state index in [2.05, 4.69) is 26.3 Å². The monoisotopic (exact) mass is 616 g/mol. The van der Waals surface area contributed by atoms with Gasteiger partial charge in [0.2, 0.25) is 0 Å². The smallest absolute Gasteiger partial charge is 0.295 e. The van der Waals surface area contributed by atoms with Gasteiger partial charge < -0.3 is 25.0 Å². The Kier molecular flexibility index (Phi) is 12.9. The number of nitriles is 1. The van der Waals surface area contributed by atoms with Crippen LogP contribution in [0.3, 0.4) is 0 Å². The number of thiazole rings is 1.